The molecule has 0 radical (unpaired) electrons. The molecular formula is C16H20BrN3O2. The zero-order valence-corrected chi connectivity index (χ0v) is 14.3. The van der Waals surface area contributed by atoms with Gasteiger partial charge in [0.2, 0.25) is 5.91 Å². The van der Waals surface area contributed by atoms with Crippen LogP contribution in [0.1, 0.15) is 19.2 Å². The molecule has 0 bridgehead atoms. The van der Waals surface area contributed by atoms with E-state index in [-0.39, 0.29) is 11.9 Å². The predicted octanol–water partition coefficient (Wildman–Crippen LogP) is 2.76. The van der Waals surface area contributed by atoms with E-state index in [1.165, 1.54) is 0 Å². The number of hydrogen-bond acceptors (Lipinski definition) is 4. The Kier molecular flexibility index (Phi) is 6.15. The number of oxazole rings is 1. The number of aromatic nitrogens is 1. The van der Waals surface area contributed by atoms with Crippen molar-refractivity contribution < 1.29 is 9.21 Å². The number of nitrogens with one attached hydrogen (secondary N) is 2. The Balaban J connectivity index is 1.88. The SMILES string of the molecule is CNC(C)CNC(=O)CCc1ncc(-c2ccccc2Br)o1. The summed E-state index contributed by atoms with van der Waals surface area (Å²) >= 11 is 3.49. The molecule has 2 aromatic rings. The van der Waals surface area contributed by atoms with Gasteiger partial charge in [-0.3, -0.25) is 4.79 Å². The molecule has 0 saturated heterocycles. The lowest BCUT2D eigenvalue weighted by molar-refractivity contribution is -0.121. The average molecular weight is 366 g/mol. The van der Waals surface area contributed by atoms with Gasteiger partial charge in [-0.25, -0.2) is 4.98 Å². The monoisotopic (exact) mass is 365 g/mol. The minimum atomic E-state index is 0.00254. The van der Waals surface area contributed by atoms with Crippen molar-refractivity contribution in [3.8, 4) is 11.3 Å². The van der Waals surface area contributed by atoms with Gasteiger partial charge in [-0.05, 0) is 20.0 Å². The van der Waals surface area contributed by atoms with Gasteiger partial charge in [0.25, 0.3) is 0 Å². The summed E-state index contributed by atoms with van der Waals surface area (Å²) in [7, 11) is 1.87. The number of halogens is 1. The Hall–Kier alpha value is -1.66. The number of rotatable bonds is 7. The maximum absolute atomic E-state index is 11.8. The van der Waals surface area contributed by atoms with E-state index >= 15 is 0 Å². The van der Waals surface area contributed by atoms with Crippen LogP contribution in [0.5, 0.6) is 0 Å². The third-order valence-corrected chi connectivity index (χ3v) is 4.05. The number of carbonyl (C=O) groups excluding carboxylic acids is 1. The number of amides is 1. The molecular weight excluding hydrogens is 346 g/mol. The molecule has 1 aromatic heterocycles. The lowest BCUT2D eigenvalue weighted by Gasteiger charge is -2.10. The van der Waals surface area contributed by atoms with Crippen LogP contribution in [0.15, 0.2) is 39.4 Å². The van der Waals surface area contributed by atoms with E-state index in [1.807, 2.05) is 38.2 Å². The molecule has 2 N–H and O–H groups in total. The van der Waals surface area contributed by atoms with Crippen molar-refractivity contribution in [2.24, 2.45) is 0 Å². The molecule has 118 valence electrons. The minimum absolute atomic E-state index is 0.00254. The van der Waals surface area contributed by atoms with Gasteiger partial charge in [-0.15, -0.1) is 0 Å². The second-order valence-electron chi connectivity index (χ2n) is 5.09. The van der Waals surface area contributed by atoms with Crippen LogP contribution in [-0.4, -0.2) is 30.5 Å². The predicted molar refractivity (Wildman–Crippen MR) is 89.5 cm³/mol. The fourth-order valence-electron chi connectivity index (χ4n) is 1.89. The topological polar surface area (TPSA) is 67.2 Å². The van der Waals surface area contributed by atoms with Crippen LogP contribution in [-0.2, 0) is 11.2 Å². The van der Waals surface area contributed by atoms with Gasteiger partial charge in [0.1, 0.15) is 0 Å². The molecule has 0 fully saturated rings. The van der Waals surface area contributed by atoms with Gasteiger partial charge in [0.15, 0.2) is 11.7 Å². The first kappa shape index (κ1) is 16.7. The molecule has 0 aliphatic heterocycles. The fourth-order valence-corrected chi connectivity index (χ4v) is 2.37. The summed E-state index contributed by atoms with van der Waals surface area (Å²) < 4.78 is 6.67. The first-order valence-electron chi connectivity index (χ1n) is 7.23. The van der Waals surface area contributed by atoms with Gasteiger partial charge in [-0.2, -0.15) is 0 Å². The zero-order valence-electron chi connectivity index (χ0n) is 12.7. The molecule has 1 unspecified atom stereocenters. The van der Waals surface area contributed by atoms with E-state index in [2.05, 4.69) is 31.5 Å². The van der Waals surface area contributed by atoms with Crippen LogP contribution in [0.3, 0.4) is 0 Å². The Morgan fingerprint density at radius 2 is 2.18 bits per heavy atom. The van der Waals surface area contributed by atoms with Crippen molar-refractivity contribution >= 4 is 21.8 Å². The quantitative estimate of drug-likeness (QED) is 0.791. The minimum Gasteiger partial charge on any atom is -0.441 e. The molecule has 1 amide bonds. The molecule has 6 heteroatoms. The van der Waals surface area contributed by atoms with Gasteiger partial charge in [0.05, 0.1) is 6.20 Å². The van der Waals surface area contributed by atoms with Crippen LogP contribution < -0.4 is 10.6 Å². The Morgan fingerprint density at radius 1 is 1.41 bits per heavy atom. The third kappa shape index (κ3) is 4.68. The normalized spacial score (nSPS) is 12.1. The molecule has 1 heterocycles. The van der Waals surface area contributed by atoms with E-state index in [0.717, 1.165) is 10.0 Å². The van der Waals surface area contributed by atoms with Gasteiger partial charge in [-0.1, -0.05) is 34.1 Å². The highest BCUT2D eigenvalue weighted by Crippen LogP contribution is 2.28. The summed E-state index contributed by atoms with van der Waals surface area (Å²) in [5.74, 6) is 1.27. The fraction of sp³-hybridized carbons (Fsp3) is 0.375. The van der Waals surface area contributed by atoms with Crippen LogP contribution in [0.25, 0.3) is 11.3 Å². The van der Waals surface area contributed by atoms with E-state index in [9.17, 15) is 4.79 Å². The smallest absolute Gasteiger partial charge is 0.220 e. The molecule has 1 atom stereocenters. The van der Waals surface area contributed by atoms with Gasteiger partial charge in [0, 0.05) is 35.5 Å². The number of likely N-dealkylation sites (N-methyl/N-ethyl adjacent to an activating group) is 1. The van der Waals surface area contributed by atoms with Crippen LogP contribution in [0.2, 0.25) is 0 Å². The van der Waals surface area contributed by atoms with Gasteiger partial charge >= 0.3 is 0 Å². The second kappa shape index (κ2) is 8.10. The van der Waals surface area contributed by atoms with E-state index in [1.54, 1.807) is 6.20 Å². The van der Waals surface area contributed by atoms with Crippen molar-refractivity contribution in [2.45, 2.75) is 25.8 Å². The summed E-state index contributed by atoms with van der Waals surface area (Å²) in [5.41, 5.74) is 0.952. The molecule has 1 aromatic carbocycles. The lowest BCUT2D eigenvalue weighted by atomic mass is 10.2. The highest BCUT2D eigenvalue weighted by molar-refractivity contribution is 9.10. The first-order chi connectivity index (χ1) is 10.6. The molecule has 2 rings (SSSR count). The molecule has 0 aliphatic carbocycles. The lowest BCUT2D eigenvalue weighted by Crippen LogP contribution is -2.37. The number of carbonyl (C=O) groups is 1. The number of benzene rings is 1. The van der Waals surface area contributed by atoms with E-state index in [4.69, 9.17) is 4.42 Å². The van der Waals surface area contributed by atoms with Crippen molar-refractivity contribution in [1.29, 1.82) is 0 Å². The second-order valence-corrected chi connectivity index (χ2v) is 5.95. The number of nitrogens with zero attached hydrogens (tertiary/aromatic N) is 1. The van der Waals surface area contributed by atoms with E-state index in [0.29, 0.717) is 31.0 Å². The Bertz CT molecular complexity index is 627. The number of aryl methyl sites for hydroxylation is 1. The zero-order chi connectivity index (χ0) is 15.9. The summed E-state index contributed by atoms with van der Waals surface area (Å²) in [6.45, 7) is 2.63. The maximum atomic E-state index is 11.8. The highest BCUT2D eigenvalue weighted by Gasteiger charge is 2.11. The van der Waals surface area contributed by atoms with Crippen molar-refractivity contribution in [3.63, 3.8) is 0 Å². The van der Waals surface area contributed by atoms with Crippen molar-refractivity contribution in [1.82, 2.24) is 15.6 Å². The number of hydrogen-bond donors (Lipinski definition) is 2. The summed E-state index contributed by atoms with van der Waals surface area (Å²) in [5, 5.41) is 5.94. The molecule has 5 nitrogen and oxygen atoms in total. The van der Waals surface area contributed by atoms with Crippen molar-refractivity contribution in [2.75, 3.05) is 13.6 Å². The summed E-state index contributed by atoms with van der Waals surface area (Å²) in [6, 6.07) is 8.06. The molecule has 0 aliphatic rings. The van der Waals surface area contributed by atoms with Crippen LogP contribution >= 0.6 is 15.9 Å². The summed E-state index contributed by atoms with van der Waals surface area (Å²) in [4.78, 5) is 16.0. The largest absolute Gasteiger partial charge is 0.441 e. The molecule has 0 spiro atoms. The molecule has 22 heavy (non-hydrogen) atoms. The standard InChI is InChI=1S/C16H20BrN3O2/c1-11(18-2)9-19-15(21)7-8-16-20-10-14(22-16)12-5-3-4-6-13(12)17/h3-6,10-11,18H,7-9H2,1-2H3,(H,19,21). The highest BCUT2D eigenvalue weighted by atomic mass is 79.9. The Morgan fingerprint density at radius 3 is 2.91 bits per heavy atom. The summed E-state index contributed by atoms with van der Waals surface area (Å²) in [6.07, 6.45) is 2.55. The van der Waals surface area contributed by atoms with Crippen LogP contribution in [0.4, 0.5) is 0 Å². The first-order valence-corrected chi connectivity index (χ1v) is 8.03. The molecule has 0 saturated carbocycles. The Labute approximate surface area is 138 Å². The third-order valence-electron chi connectivity index (χ3n) is 3.36. The van der Waals surface area contributed by atoms with Crippen molar-refractivity contribution in [3.05, 3.63) is 40.8 Å². The average Bonchev–Trinajstić information content (AvgIpc) is 2.99. The van der Waals surface area contributed by atoms with Gasteiger partial charge < -0.3 is 15.1 Å². The van der Waals surface area contributed by atoms with Crippen LogP contribution in [0, 0.1) is 0 Å². The van der Waals surface area contributed by atoms with E-state index < -0.39 is 0 Å². The maximum Gasteiger partial charge on any atom is 0.220 e.